The summed E-state index contributed by atoms with van der Waals surface area (Å²) in [7, 11) is 1.67. The summed E-state index contributed by atoms with van der Waals surface area (Å²) >= 11 is 1.87. The first-order valence-electron chi connectivity index (χ1n) is 11.7. The Balaban J connectivity index is 1.32. The minimum atomic E-state index is -0.494. The Kier molecular flexibility index (Phi) is 8.25. The van der Waals surface area contributed by atoms with Gasteiger partial charge in [0.05, 0.1) is 7.11 Å². The molecule has 3 heterocycles. The molecule has 1 aromatic carbocycles. The molecule has 170 valence electrons. The van der Waals surface area contributed by atoms with Crippen LogP contribution in [0.1, 0.15) is 48.1 Å². The molecule has 2 aliphatic heterocycles. The molecule has 0 saturated carbocycles. The lowest BCUT2D eigenvalue weighted by atomic mass is 10.1. The minimum absolute atomic E-state index is 0.290. The third kappa shape index (κ3) is 6.45. The van der Waals surface area contributed by atoms with Crippen molar-refractivity contribution in [2.45, 2.75) is 57.7 Å². The fourth-order valence-electron chi connectivity index (χ4n) is 4.66. The summed E-state index contributed by atoms with van der Waals surface area (Å²) in [6.45, 7) is 6.12. The maximum absolute atomic E-state index is 10.6. The van der Waals surface area contributed by atoms with E-state index in [1.807, 2.05) is 17.4 Å². The van der Waals surface area contributed by atoms with Gasteiger partial charge in [-0.05, 0) is 67.1 Å². The Morgan fingerprint density at radius 3 is 2.61 bits per heavy atom. The smallest absolute Gasteiger partial charge is 0.161 e. The number of nitrogens with zero attached hydrogens (tertiary/aromatic N) is 2. The molecule has 1 N–H and O–H groups in total. The third-order valence-electron chi connectivity index (χ3n) is 6.37. The number of benzene rings is 1. The number of aliphatic hydroxyl groups is 1. The number of fused-ring (bicyclic) bond motifs is 1. The molecular weight excluding hydrogens is 408 g/mol. The highest BCUT2D eigenvalue weighted by Gasteiger charge is 2.19. The predicted octanol–water partition coefficient (Wildman–Crippen LogP) is 4.32. The summed E-state index contributed by atoms with van der Waals surface area (Å²) in [5, 5.41) is 12.8. The van der Waals surface area contributed by atoms with E-state index in [1.54, 1.807) is 7.11 Å². The van der Waals surface area contributed by atoms with Crippen molar-refractivity contribution in [2.24, 2.45) is 0 Å². The summed E-state index contributed by atoms with van der Waals surface area (Å²) in [6, 6.07) is 8.42. The Morgan fingerprint density at radius 2 is 1.81 bits per heavy atom. The van der Waals surface area contributed by atoms with Crippen LogP contribution in [0.15, 0.2) is 29.6 Å². The molecule has 0 radical (unpaired) electrons. The van der Waals surface area contributed by atoms with Gasteiger partial charge in [0.2, 0.25) is 0 Å². The molecule has 5 nitrogen and oxygen atoms in total. The van der Waals surface area contributed by atoms with Crippen LogP contribution in [-0.2, 0) is 19.5 Å². The first-order chi connectivity index (χ1) is 15.2. The van der Waals surface area contributed by atoms with E-state index in [2.05, 4.69) is 33.4 Å². The molecule has 1 fully saturated rings. The van der Waals surface area contributed by atoms with Crippen molar-refractivity contribution in [3.8, 4) is 11.5 Å². The molecule has 0 bridgehead atoms. The summed E-state index contributed by atoms with van der Waals surface area (Å²) in [6.07, 6.45) is 7.05. The van der Waals surface area contributed by atoms with Crippen LogP contribution in [0.5, 0.6) is 11.5 Å². The standard InChI is InChI=1S/C25H36N2O3S/c1-29-23-8-7-20(16-27-13-9-25-21(17-27)10-14-31-25)15-24(23)30-19-22(28)18-26-11-5-3-2-4-6-12-26/h7-8,10,14-15,22,28H,2-6,9,11-13,16-19H2,1H3/t22-/m1/s1. The van der Waals surface area contributed by atoms with Gasteiger partial charge < -0.3 is 19.5 Å². The molecule has 0 amide bonds. The van der Waals surface area contributed by atoms with Crippen molar-refractivity contribution in [1.29, 1.82) is 0 Å². The van der Waals surface area contributed by atoms with Gasteiger partial charge in [0, 0.05) is 31.1 Å². The Bertz CT molecular complexity index is 817. The largest absolute Gasteiger partial charge is 0.493 e. The van der Waals surface area contributed by atoms with E-state index >= 15 is 0 Å². The number of likely N-dealkylation sites (tertiary alicyclic amines) is 1. The molecule has 0 aliphatic carbocycles. The highest BCUT2D eigenvalue weighted by Crippen LogP contribution is 2.30. The van der Waals surface area contributed by atoms with Crippen LogP contribution >= 0.6 is 11.3 Å². The molecule has 1 saturated heterocycles. The van der Waals surface area contributed by atoms with Crippen LogP contribution in [0, 0.1) is 0 Å². The average molecular weight is 445 g/mol. The van der Waals surface area contributed by atoms with E-state index in [1.165, 1.54) is 48.1 Å². The molecule has 6 heteroatoms. The minimum Gasteiger partial charge on any atom is -0.493 e. The van der Waals surface area contributed by atoms with E-state index in [4.69, 9.17) is 9.47 Å². The number of aliphatic hydroxyl groups excluding tert-OH is 1. The highest BCUT2D eigenvalue weighted by atomic mass is 32.1. The van der Waals surface area contributed by atoms with Crippen LogP contribution in [-0.4, -0.2) is 60.9 Å². The lowest BCUT2D eigenvalue weighted by Gasteiger charge is -2.27. The maximum Gasteiger partial charge on any atom is 0.161 e. The second kappa shape index (κ2) is 11.3. The molecule has 0 spiro atoms. The molecule has 31 heavy (non-hydrogen) atoms. The number of hydrogen-bond acceptors (Lipinski definition) is 6. The molecule has 2 aromatic rings. The lowest BCUT2D eigenvalue weighted by Crippen LogP contribution is -2.37. The van der Waals surface area contributed by atoms with Gasteiger partial charge in [0.25, 0.3) is 0 Å². The summed E-state index contributed by atoms with van der Waals surface area (Å²) in [4.78, 5) is 6.40. The van der Waals surface area contributed by atoms with Gasteiger partial charge >= 0.3 is 0 Å². The van der Waals surface area contributed by atoms with Crippen molar-refractivity contribution in [2.75, 3.05) is 39.9 Å². The summed E-state index contributed by atoms with van der Waals surface area (Å²) < 4.78 is 11.6. The zero-order valence-corrected chi connectivity index (χ0v) is 19.5. The van der Waals surface area contributed by atoms with E-state index in [0.717, 1.165) is 50.6 Å². The van der Waals surface area contributed by atoms with Crippen molar-refractivity contribution in [3.05, 3.63) is 45.6 Å². The van der Waals surface area contributed by atoms with E-state index in [9.17, 15) is 5.11 Å². The molecule has 4 rings (SSSR count). The normalized spacial score (nSPS) is 19.3. The van der Waals surface area contributed by atoms with Gasteiger partial charge in [-0.1, -0.05) is 25.3 Å². The van der Waals surface area contributed by atoms with Gasteiger partial charge in [-0.2, -0.15) is 0 Å². The van der Waals surface area contributed by atoms with Gasteiger partial charge in [0.15, 0.2) is 11.5 Å². The van der Waals surface area contributed by atoms with Crippen LogP contribution in [0.2, 0.25) is 0 Å². The molecule has 0 unspecified atom stereocenters. The zero-order valence-electron chi connectivity index (χ0n) is 18.7. The lowest BCUT2D eigenvalue weighted by molar-refractivity contribution is 0.0644. The molecular formula is C25H36N2O3S. The second-order valence-corrected chi connectivity index (χ2v) is 9.85. The van der Waals surface area contributed by atoms with Crippen LogP contribution < -0.4 is 9.47 Å². The Hall–Kier alpha value is -1.60. The number of β-amino-alcohol motifs (C(OH)–C–C–N with tert-alkyl or cyclic N) is 1. The number of thiophene rings is 1. The van der Waals surface area contributed by atoms with Gasteiger partial charge in [-0.3, -0.25) is 4.90 Å². The van der Waals surface area contributed by atoms with Crippen molar-refractivity contribution >= 4 is 11.3 Å². The maximum atomic E-state index is 10.6. The van der Waals surface area contributed by atoms with Crippen LogP contribution in [0.3, 0.4) is 0 Å². The molecule has 2 aliphatic rings. The van der Waals surface area contributed by atoms with Crippen molar-refractivity contribution in [1.82, 2.24) is 9.80 Å². The number of ether oxygens (including phenoxy) is 2. The van der Waals surface area contributed by atoms with Gasteiger partial charge in [-0.15, -0.1) is 11.3 Å². The van der Waals surface area contributed by atoms with E-state index in [0.29, 0.717) is 6.54 Å². The molecule has 1 aromatic heterocycles. The first kappa shape index (κ1) is 22.6. The monoisotopic (exact) mass is 444 g/mol. The van der Waals surface area contributed by atoms with Crippen LogP contribution in [0.25, 0.3) is 0 Å². The Labute approximate surface area is 190 Å². The van der Waals surface area contributed by atoms with E-state index < -0.39 is 6.10 Å². The second-order valence-electron chi connectivity index (χ2n) is 8.85. The number of hydrogen-bond donors (Lipinski definition) is 1. The van der Waals surface area contributed by atoms with Crippen molar-refractivity contribution in [3.63, 3.8) is 0 Å². The highest BCUT2D eigenvalue weighted by molar-refractivity contribution is 7.10. The Morgan fingerprint density at radius 1 is 1.00 bits per heavy atom. The third-order valence-corrected chi connectivity index (χ3v) is 7.39. The number of rotatable bonds is 8. The van der Waals surface area contributed by atoms with Crippen molar-refractivity contribution < 1.29 is 14.6 Å². The molecule has 1 atom stereocenters. The fraction of sp³-hybridized carbons (Fsp3) is 0.600. The summed E-state index contributed by atoms with van der Waals surface area (Å²) in [5.41, 5.74) is 2.68. The SMILES string of the molecule is COc1ccc(CN2CCc3sccc3C2)cc1OC[C@H](O)CN1CCCCCCC1. The average Bonchev–Trinajstić information content (AvgIpc) is 3.22. The van der Waals surface area contributed by atoms with E-state index in [-0.39, 0.29) is 6.61 Å². The fourth-order valence-corrected chi connectivity index (χ4v) is 5.55. The van der Waals surface area contributed by atoms with Gasteiger partial charge in [0.1, 0.15) is 12.7 Å². The van der Waals surface area contributed by atoms with Gasteiger partial charge in [-0.25, -0.2) is 0 Å². The number of methoxy groups -OCH3 is 1. The predicted molar refractivity (Wildman–Crippen MR) is 126 cm³/mol. The summed E-state index contributed by atoms with van der Waals surface area (Å²) in [5.74, 6) is 1.45. The van der Waals surface area contributed by atoms with Crippen LogP contribution in [0.4, 0.5) is 0 Å². The quantitative estimate of drug-likeness (QED) is 0.657. The first-order valence-corrected chi connectivity index (χ1v) is 12.6. The topological polar surface area (TPSA) is 45.2 Å². The zero-order chi connectivity index (χ0) is 21.5.